The van der Waals surface area contributed by atoms with Crippen LogP contribution in [-0.4, -0.2) is 13.1 Å². The van der Waals surface area contributed by atoms with Crippen molar-refractivity contribution in [1.82, 2.24) is 0 Å². The van der Waals surface area contributed by atoms with Crippen LogP contribution in [0.25, 0.3) is 11.1 Å². The first-order chi connectivity index (χ1) is 11.7. The Morgan fingerprint density at radius 1 is 1.12 bits per heavy atom. The lowest BCUT2D eigenvalue weighted by molar-refractivity contribution is -0.135. The van der Waals surface area contributed by atoms with Gasteiger partial charge in [-0.15, -0.1) is 0 Å². The number of hydrogen-bond acceptors (Lipinski definition) is 4. The summed E-state index contributed by atoms with van der Waals surface area (Å²) in [7, 11) is 1.42. The molecule has 0 aliphatic carbocycles. The van der Waals surface area contributed by atoms with Crippen LogP contribution >= 0.6 is 11.8 Å². The predicted molar refractivity (Wildman–Crippen MR) is 100 cm³/mol. The number of rotatable bonds is 4. The number of nitrogens with zero attached hydrogens (tertiary/aromatic N) is 1. The van der Waals surface area contributed by atoms with Crippen molar-refractivity contribution in [3.63, 3.8) is 0 Å². The Balaban J connectivity index is 2.14. The molecule has 123 valence electrons. The molecule has 24 heavy (non-hydrogen) atoms. The minimum Gasteiger partial charge on any atom is -0.465 e. The molecule has 2 aromatic carbocycles. The number of ether oxygens (including phenoxy) is 1. The molecule has 0 saturated carbocycles. The topological polar surface area (TPSA) is 29.5 Å². The van der Waals surface area contributed by atoms with E-state index in [4.69, 9.17) is 4.74 Å². The molecule has 3 rings (SSSR count). The molecule has 0 unspecified atom stereocenters. The molecule has 0 N–H and O–H groups in total. The summed E-state index contributed by atoms with van der Waals surface area (Å²) in [6.45, 7) is 4.11. The molecular formula is C20H20NO2S. The van der Waals surface area contributed by atoms with E-state index in [9.17, 15) is 4.79 Å². The Hall–Kier alpha value is -2.20. The molecule has 0 atom stereocenters. The molecule has 0 saturated heterocycles. The average molecular weight is 338 g/mol. The number of benzene rings is 2. The minimum atomic E-state index is -0.286. The molecule has 3 nitrogen and oxygen atoms in total. The Bertz CT molecular complexity index is 783. The van der Waals surface area contributed by atoms with E-state index in [-0.39, 0.29) is 5.97 Å². The molecule has 0 fully saturated rings. The second-order valence-electron chi connectivity index (χ2n) is 5.53. The maximum Gasteiger partial charge on any atom is 0.346 e. The van der Waals surface area contributed by atoms with Gasteiger partial charge in [-0.05, 0) is 24.5 Å². The monoisotopic (exact) mass is 338 g/mol. The number of methoxy groups -OCH3 is 1. The van der Waals surface area contributed by atoms with Crippen LogP contribution in [-0.2, 0) is 16.0 Å². The first-order valence-corrected chi connectivity index (χ1v) is 8.81. The van der Waals surface area contributed by atoms with Crippen LogP contribution in [0.4, 0.5) is 5.69 Å². The highest BCUT2D eigenvalue weighted by molar-refractivity contribution is 8.06. The first-order valence-electron chi connectivity index (χ1n) is 7.93. The third-order valence-electron chi connectivity index (χ3n) is 4.16. The zero-order valence-corrected chi connectivity index (χ0v) is 14.9. The van der Waals surface area contributed by atoms with Crippen LogP contribution < -0.4 is 4.90 Å². The average Bonchev–Trinajstić information content (AvgIpc) is 3.02. The Morgan fingerprint density at radius 2 is 1.88 bits per heavy atom. The van der Waals surface area contributed by atoms with E-state index >= 15 is 0 Å². The van der Waals surface area contributed by atoms with Crippen LogP contribution in [0.15, 0.2) is 59.1 Å². The van der Waals surface area contributed by atoms with E-state index in [0.29, 0.717) is 4.91 Å². The summed E-state index contributed by atoms with van der Waals surface area (Å²) in [5.41, 5.74) is 5.62. The van der Waals surface area contributed by atoms with Gasteiger partial charge in [0.1, 0.15) is 10.8 Å². The fourth-order valence-corrected chi connectivity index (χ4v) is 3.82. The highest BCUT2D eigenvalue weighted by atomic mass is 32.2. The van der Waals surface area contributed by atoms with Gasteiger partial charge in [0, 0.05) is 11.3 Å². The number of thioether (sulfide) groups is 1. The third kappa shape index (κ3) is 2.94. The molecule has 1 aliphatic heterocycles. The predicted octanol–water partition coefficient (Wildman–Crippen LogP) is 4.99. The van der Waals surface area contributed by atoms with Gasteiger partial charge in [0.15, 0.2) is 0 Å². The van der Waals surface area contributed by atoms with Crippen molar-refractivity contribution >= 4 is 23.4 Å². The summed E-state index contributed by atoms with van der Waals surface area (Å²) in [6, 6.07) is 16.7. The summed E-state index contributed by atoms with van der Waals surface area (Å²) in [5.74, 6) is 1.70. The highest BCUT2D eigenvalue weighted by Crippen LogP contribution is 2.44. The van der Waals surface area contributed by atoms with Crippen molar-refractivity contribution in [2.24, 2.45) is 0 Å². The van der Waals surface area contributed by atoms with E-state index in [2.05, 4.69) is 42.2 Å². The lowest BCUT2D eigenvalue weighted by Crippen LogP contribution is -2.16. The lowest BCUT2D eigenvalue weighted by atomic mass is 9.97. The van der Waals surface area contributed by atoms with Gasteiger partial charge in [-0.25, -0.2) is 4.79 Å². The zero-order valence-electron chi connectivity index (χ0n) is 14.1. The smallest absolute Gasteiger partial charge is 0.346 e. The Labute approximate surface area is 147 Å². The van der Waals surface area contributed by atoms with Crippen LogP contribution in [0, 0.1) is 5.88 Å². The molecule has 2 aromatic rings. The summed E-state index contributed by atoms with van der Waals surface area (Å²) in [6.07, 6.45) is 0.922. The van der Waals surface area contributed by atoms with Crippen molar-refractivity contribution in [3.05, 3.63) is 70.6 Å². The molecule has 0 bridgehead atoms. The quantitative estimate of drug-likeness (QED) is 0.734. The van der Waals surface area contributed by atoms with Gasteiger partial charge in [-0.2, -0.15) is 0 Å². The van der Waals surface area contributed by atoms with Gasteiger partial charge < -0.3 is 9.64 Å². The van der Waals surface area contributed by atoms with Crippen LogP contribution in [0.2, 0.25) is 0 Å². The van der Waals surface area contributed by atoms with E-state index in [1.165, 1.54) is 30.0 Å². The maximum atomic E-state index is 12.0. The molecule has 4 heteroatoms. The van der Waals surface area contributed by atoms with Gasteiger partial charge >= 0.3 is 5.97 Å². The van der Waals surface area contributed by atoms with Crippen molar-refractivity contribution in [2.45, 2.75) is 20.3 Å². The largest absolute Gasteiger partial charge is 0.465 e. The lowest BCUT2D eigenvalue weighted by Gasteiger charge is -2.25. The maximum absolute atomic E-state index is 12.0. The normalized spacial score (nSPS) is 14.2. The highest BCUT2D eigenvalue weighted by Gasteiger charge is 2.29. The minimum absolute atomic E-state index is 0.286. The van der Waals surface area contributed by atoms with Gasteiger partial charge in [-0.1, -0.05) is 67.2 Å². The van der Waals surface area contributed by atoms with Gasteiger partial charge in [0.2, 0.25) is 0 Å². The molecule has 1 radical (unpaired) electrons. The van der Waals surface area contributed by atoms with E-state index in [0.717, 1.165) is 23.4 Å². The summed E-state index contributed by atoms with van der Waals surface area (Å²) in [5, 5.41) is 0. The summed E-state index contributed by atoms with van der Waals surface area (Å²) >= 11 is 1.42. The Morgan fingerprint density at radius 3 is 2.54 bits per heavy atom. The number of allylic oxidation sites excluding steroid dienone is 1. The fraction of sp³-hybridized carbons (Fsp3) is 0.200. The molecule has 0 spiro atoms. The Kier molecular flexibility index (Phi) is 4.95. The molecule has 0 amide bonds. The second-order valence-corrected chi connectivity index (χ2v) is 6.39. The second kappa shape index (κ2) is 7.14. The molecule has 1 heterocycles. The van der Waals surface area contributed by atoms with E-state index in [1.807, 2.05) is 31.0 Å². The van der Waals surface area contributed by atoms with Crippen LogP contribution in [0.1, 0.15) is 19.4 Å². The van der Waals surface area contributed by atoms with E-state index in [1.54, 1.807) is 0 Å². The third-order valence-corrected chi connectivity index (χ3v) is 5.18. The molecule has 0 aromatic heterocycles. The van der Waals surface area contributed by atoms with Crippen molar-refractivity contribution < 1.29 is 9.53 Å². The van der Waals surface area contributed by atoms with Gasteiger partial charge in [-0.3, -0.25) is 0 Å². The van der Waals surface area contributed by atoms with E-state index < -0.39 is 0 Å². The summed E-state index contributed by atoms with van der Waals surface area (Å²) < 4.78 is 4.90. The number of anilines is 1. The number of esters is 1. The zero-order chi connectivity index (χ0) is 17.1. The first kappa shape index (κ1) is 16.7. The SMILES string of the molecule is CCc1cccc(-c2ccccc2)c1N1[CH]SC(C(=O)OC)=C1C. The number of carbonyl (C=O) groups excluding carboxylic acids is 1. The van der Waals surface area contributed by atoms with Crippen LogP contribution in [0.3, 0.4) is 0 Å². The van der Waals surface area contributed by atoms with Gasteiger partial charge in [0.25, 0.3) is 0 Å². The van der Waals surface area contributed by atoms with Crippen LogP contribution in [0.5, 0.6) is 0 Å². The molecule has 1 aliphatic rings. The van der Waals surface area contributed by atoms with Crippen molar-refractivity contribution in [3.8, 4) is 11.1 Å². The number of carbonyl (C=O) groups is 1. The number of hydrogen-bond donors (Lipinski definition) is 0. The number of aryl methyl sites for hydroxylation is 1. The summed E-state index contributed by atoms with van der Waals surface area (Å²) in [4.78, 5) is 14.7. The van der Waals surface area contributed by atoms with Gasteiger partial charge in [0.05, 0.1) is 12.8 Å². The fourth-order valence-electron chi connectivity index (χ4n) is 2.90. The standard InChI is InChI=1S/C20H20NO2S/c1-4-15-11-8-12-17(16-9-6-5-7-10-16)18(15)21-13-24-19(14(21)2)20(22)23-3/h5-13H,4H2,1-3H3. The van der Waals surface area contributed by atoms with Crippen molar-refractivity contribution in [1.29, 1.82) is 0 Å². The number of para-hydroxylation sites is 1. The van der Waals surface area contributed by atoms with Crippen molar-refractivity contribution in [2.75, 3.05) is 12.0 Å². The molecular weight excluding hydrogens is 318 g/mol.